The number of nitrogens with zero attached hydrogens (tertiary/aromatic N) is 1. The number of imide groups is 1. The molecule has 1 fully saturated rings. The monoisotopic (exact) mass is 411 g/mol. The third-order valence-electron chi connectivity index (χ3n) is 6.01. The summed E-state index contributed by atoms with van der Waals surface area (Å²) < 4.78 is 0. The van der Waals surface area contributed by atoms with Gasteiger partial charge in [-0.1, -0.05) is 54.6 Å². The molecule has 1 aliphatic heterocycles. The summed E-state index contributed by atoms with van der Waals surface area (Å²) in [6.07, 6.45) is 1.34. The van der Waals surface area contributed by atoms with Gasteiger partial charge in [0.2, 0.25) is 0 Å². The van der Waals surface area contributed by atoms with Gasteiger partial charge in [-0.2, -0.15) is 0 Å². The van der Waals surface area contributed by atoms with E-state index >= 15 is 0 Å². The van der Waals surface area contributed by atoms with Crippen molar-refractivity contribution in [2.45, 2.75) is 24.9 Å². The summed E-state index contributed by atoms with van der Waals surface area (Å²) in [7, 11) is 0. The molecule has 3 aromatic carbocycles. The van der Waals surface area contributed by atoms with Crippen molar-refractivity contribution in [2.24, 2.45) is 0 Å². The highest BCUT2D eigenvalue weighted by atomic mass is 16.2. The fourth-order valence-electron chi connectivity index (χ4n) is 4.40. The lowest BCUT2D eigenvalue weighted by Gasteiger charge is -2.22. The number of urea groups is 1. The maximum atomic E-state index is 13.3. The predicted octanol–water partition coefficient (Wildman–Crippen LogP) is 3.83. The molecular weight excluding hydrogens is 390 g/mol. The molecule has 1 spiro atoms. The second-order valence-electron chi connectivity index (χ2n) is 7.90. The van der Waals surface area contributed by atoms with Crippen molar-refractivity contribution in [3.05, 3.63) is 101 Å². The lowest BCUT2D eigenvalue weighted by molar-refractivity contribution is -0.132. The van der Waals surface area contributed by atoms with Gasteiger partial charge in [-0.05, 0) is 53.8 Å². The Kier molecular flexibility index (Phi) is 4.55. The molecule has 1 atom stereocenters. The molecule has 4 amide bonds. The summed E-state index contributed by atoms with van der Waals surface area (Å²) in [4.78, 5) is 39.6. The second-order valence-corrected chi connectivity index (χ2v) is 7.90. The maximum Gasteiger partial charge on any atom is 0.325 e. The van der Waals surface area contributed by atoms with Crippen LogP contribution in [0.15, 0.2) is 78.9 Å². The maximum absolute atomic E-state index is 13.3. The zero-order chi connectivity index (χ0) is 21.4. The number of hydrogen-bond donors (Lipinski definition) is 2. The number of carbonyl (C=O) groups is 3. The first-order valence-corrected chi connectivity index (χ1v) is 10.2. The zero-order valence-corrected chi connectivity index (χ0v) is 16.8. The molecule has 154 valence electrons. The van der Waals surface area contributed by atoms with Gasteiger partial charge < -0.3 is 10.6 Å². The number of nitrogens with one attached hydrogen (secondary N) is 2. The van der Waals surface area contributed by atoms with Gasteiger partial charge >= 0.3 is 6.03 Å². The Hall–Kier alpha value is -3.93. The predicted molar refractivity (Wildman–Crippen MR) is 116 cm³/mol. The molecule has 3 aromatic rings. The van der Waals surface area contributed by atoms with Gasteiger partial charge in [0, 0.05) is 11.3 Å². The van der Waals surface area contributed by atoms with Crippen LogP contribution in [0.2, 0.25) is 0 Å². The van der Waals surface area contributed by atoms with E-state index in [1.54, 1.807) is 24.3 Å². The Morgan fingerprint density at radius 3 is 2.42 bits per heavy atom. The molecule has 0 aromatic heterocycles. The van der Waals surface area contributed by atoms with E-state index in [0.29, 0.717) is 12.0 Å². The van der Waals surface area contributed by atoms with Crippen LogP contribution in [0.25, 0.3) is 0 Å². The summed E-state index contributed by atoms with van der Waals surface area (Å²) in [5.41, 5.74) is 3.05. The average molecular weight is 411 g/mol. The Balaban J connectivity index is 1.31. The van der Waals surface area contributed by atoms with E-state index in [4.69, 9.17) is 0 Å². The minimum absolute atomic E-state index is 0.162. The lowest BCUT2D eigenvalue weighted by atomic mass is 9.92. The normalized spacial score (nSPS) is 19.4. The summed E-state index contributed by atoms with van der Waals surface area (Å²) in [6, 6.07) is 23.6. The van der Waals surface area contributed by atoms with Crippen molar-refractivity contribution >= 4 is 23.5 Å². The van der Waals surface area contributed by atoms with Crippen LogP contribution in [0.5, 0.6) is 0 Å². The van der Waals surface area contributed by atoms with Gasteiger partial charge in [-0.15, -0.1) is 0 Å². The smallest absolute Gasteiger partial charge is 0.322 e. The molecule has 2 N–H and O–H groups in total. The van der Waals surface area contributed by atoms with Gasteiger partial charge in [0.1, 0.15) is 5.54 Å². The van der Waals surface area contributed by atoms with E-state index in [9.17, 15) is 14.4 Å². The summed E-state index contributed by atoms with van der Waals surface area (Å²) in [5, 5.41) is 5.78. The molecule has 0 saturated carbocycles. The molecule has 5 rings (SSSR count). The zero-order valence-electron chi connectivity index (χ0n) is 16.8. The van der Waals surface area contributed by atoms with Crippen LogP contribution in [-0.4, -0.2) is 22.7 Å². The number of aryl methyl sites for hydroxylation is 1. The largest absolute Gasteiger partial charge is 0.325 e. The van der Waals surface area contributed by atoms with E-state index < -0.39 is 5.54 Å². The molecule has 1 heterocycles. The SMILES string of the molecule is O=C(Nc1ccccc1)c1ccc(CN2C(=O)N[C@]3(CCc4ccccc43)C2=O)cc1. The molecule has 6 heteroatoms. The van der Waals surface area contributed by atoms with Crippen LogP contribution < -0.4 is 10.6 Å². The minimum Gasteiger partial charge on any atom is -0.322 e. The van der Waals surface area contributed by atoms with Crippen LogP contribution in [0.4, 0.5) is 10.5 Å². The Morgan fingerprint density at radius 2 is 1.65 bits per heavy atom. The molecule has 1 aliphatic carbocycles. The van der Waals surface area contributed by atoms with E-state index in [1.165, 1.54) is 4.90 Å². The van der Waals surface area contributed by atoms with Crippen molar-refractivity contribution in [3.8, 4) is 0 Å². The highest BCUT2D eigenvalue weighted by Gasteiger charge is 2.55. The van der Waals surface area contributed by atoms with Gasteiger partial charge in [0.15, 0.2) is 0 Å². The first-order valence-electron chi connectivity index (χ1n) is 10.2. The number of hydrogen-bond acceptors (Lipinski definition) is 3. The van der Waals surface area contributed by atoms with Crippen LogP contribution in [-0.2, 0) is 23.3 Å². The van der Waals surface area contributed by atoms with E-state index in [1.807, 2.05) is 54.6 Å². The van der Waals surface area contributed by atoms with Crippen LogP contribution in [0.3, 0.4) is 0 Å². The van der Waals surface area contributed by atoms with Crippen LogP contribution in [0, 0.1) is 0 Å². The van der Waals surface area contributed by atoms with Crippen molar-refractivity contribution in [2.75, 3.05) is 5.32 Å². The Morgan fingerprint density at radius 1 is 0.935 bits per heavy atom. The fraction of sp³-hybridized carbons (Fsp3) is 0.160. The van der Waals surface area contributed by atoms with E-state index in [2.05, 4.69) is 10.6 Å². The number of carbonyl (C=O) groups excluding carboxylic acids is 3. The number of anilines is 1. The van der Waals surface area contributed by atoms with Gasteiger partial charge in [0.25, 0.3) is 11.8 Å². The number of rotatable bonds is 4. The van der Waals surface area contributed by atoms with Gasteiger partial charge in [-0.25, -0.2) is 4.79 Å². The molecule has 0 unspecified atom stereocenters. The van der Waals surface area contributed by atoms with Crippen molar-refractivity contribution < 1.29 is 14.4 Å². The Labute approximate surface area is 179 Å². The highest BCUT2D eigenvalue weighted by Crippen LogP contribution is 2.41. The second kappa shape index (κ2) is 7.40. The van der Waals surface area contributed by atoms with E-state index in [0.717, 1.165) is 28.8 Å². The Bertz CT molecular complexity index is 1170. The van der Waals surface area contributed by atoms with Gasteiger partial charge in [-0.3, -0.25) is 14.5 Å². The van der Waals surface area contributed by atoms with Crippen molar-refractivity contribution in [3.63, 3.8) is 0 Å². The molecule has 31 heavy (non-hydrogen) atoms. The quantitative estimate of drug-likeness (QED) is 0.641. The van der Waals surface area contributed by atoms with Crippen LogP contribution in [0.1, 0.15) is 33.5 Å². The minimum atomic E-state index is -0.955. The summed E-state index contributed by atoms with van der Waals surface area (Å²) in [6.45, 7) is 0.162. The summed E-state index contributed by atoms with van der Waals surface area (Å²) >= 11 is 0. The van der Waals surface area contributed by atoms with Crippen LogP contribution >= 0.6 is 0 Å². The molecular formula is C25H21N3O3. The van der Waals surface area contributed by atoms with Crippen molar-refractivity contribution in [1.82, 2.24) is 10.2 Å². The molecule has 2 aliphatic rings. The third kappa shape index (κ3) is 3.26. The third-order valence-corrected chi connectivity index (χ3v) is 6.01. The topological polar surface area (TPSA) is 78.5 Å². The molecule has 0 radical (unpaired) electrons. The first kappa shape index (κ1) is 19.1. The highest BCUT2D eigenvalue weighted by molar-refractivity contribution is 6.08. The standard InChI is InChI=1S/C25H21N3O3/c29-22(26-20-7-2-1-3-8-20)19-12-10-17(11-13-19)16-28-23(30)25(27-24(28)31)15-14-18-6-4-5-9-21(18)25/h1-13H,14-16H2,(H,26,29)(H,27,31)/t25-/m0/s1. The molecule has 6 nitrogen and oxygen atoms in total. The number of para-hydroxylation sites is 1. The van der Waals surface area contributed by atoms with Gasteiger partial charge in [0.05, 0.1) is 6.54 Å². The number of fused-ring (bicyclic) bond motifs is 2. The average Bonchev–Trinajstić information content (AvgIpc) is 3.28. The lowest BCUT2D eigenvalue weighted by Crippen LogP contribution is -2.41. The summed E-state index contributed by atoms with van der Waals surface area (Å²) in [5.74, 6) is -0.428. The molecule has 0 bridgehead atoms. The molecule has 1 saturated heterocycles. The van der Waals surface area contributed by atoms with Crippen molar-refractivity contribution in [1.29, 1.82) is 0 Å². The number of benzene rings is 3. The van der Waals surface area contributed by atoms with E-state index in [-0.39, 0.29) is 24.4 Å². The fourth-order valence-corrected chi connectivity index (χ4v) is 4.40. The number of amides is 4. The first-order chi connectivity index (χ1) is 15.1.